The summed E-state index contributed by atoms with van der Waals surface area (Å²) in [5, 5.41) is 0. The highest BCUT2D eigenvalue weighted by atomic mass is 32.2. The summed E-state index contributed by atoms with van der Waals surface area (Å²) in [4.78, 5) is 26.1. The van der Waals surface area contributed by atoms with Crippen LogP contribution in [0.3, 0.4) is 0 Å². The molecule has 3 N–H and O–H groups in total. The number of imidazole rings is 1. The number of rotatable bonds is 3. The van der Waals surface area contributed by atoms with Crippen LogP contribution in [0.1, 0.15) is 22.8 Å². The van der Waals surface area contributed by atoms with E-state index in [4.69, 9.17) is 5.73 Å². The van der Waals surface area contributed by atoms with Crippen molar-refractivity contribution in [1.29, 1.82) is 0 Å². The topological polar surface area (TPSA) is 115 Å². The van der Waals surface area contributed by atoms with Gasteiger partial charge in [-0.05, 0) is 43.7 Å². The maximum Gasteiger partial charge on any atom is 0.340 e. The molecule has 24 heavy (non-hydrogen) atoms. The van der Waals surface area contributed by atoms with Gasteiger partial charge in [0.2, 0.25) is 0 Å². The number of hydrogen-bond acceptors (Lipinski definition) is 5. The zero-order valence-corrected chi connectivity index (χ0v) is 13.8. The monoisotopic (exact) mass is 345 g/mol. The number of aryl methyl sites for hydroxylation is 1. The number of carbonyl (C=O) groups excluding carboxylic acids is 1. The van der Waals surface area contributed by atoms with Gasteiger partial charge in [0.25, 0.3) is 10.0 Å². The number of anilines is 1. The Kier molecular flexibility index (Phi) is 3.56. The largest absolute Gasteiger partial charge is 0.398 e. The summed E-state index contributed by atoms with van der Waals surface area (Å²) in [6.45, 7) is 3.06. The number of aromatic nitrogens is 2. The van der Waals surface area contributed by atoms with Crippen molar-refractivity contribution in [3.63, 3.8) is 0 Å². The second kappa shape index (κ2) is 5.34. The minimum Gasteiger partial charge on any atom is -0.398 e. The summed E-state index contributed by atoms with van der Waals surface area (Å²) in [5.41, 5.74) is 6.91. The number of benzene rings is 2. The van der Waals surface area contributed by atoms with Crippen molar-refractivity contribution in [3.8, 4) is 0 Å². The first-order valence-corrected chi connectivity index (χ1v) is 8.53. The van der Waals surface area contributed by atoms with E-state index >= 15 is 0 Å². The van der Waals surface area contributed by atoms with Gasteiger partial charge in [-0.25, -0.2) is 13.2 Å². The van der Waals surface area contributed by atoms with Crippen molar-refractivity contribution < 1.29 is 13.2 Å². The van der Waals surface area contributed by atoms with Gasteiger partial charge in [-0.1, -0.05) is 12.1 Å². The lowest BCUT2D eigenvalue weighted by molar-refractivity contribution is 0.101. The number of Topliss-reactive ketones (excluding diaryl/α,β-unsaturated/α-hetero) is 1. The van der Waals surface area contributed by atoms with Crippen molar-refractivity contribution >= 4 is 32.5 Å². The minimum atomic E-state index is -4.16. The van der Waals surface area contributed by atoms with Gasteiger partial charge in [0.1, 0.15) is 0 Å². The molecule has 2 aromatic carbocycles. The average molecular weight is 345 g/mol. The van der Waals surface area contributed by atoms with E-state index in [0.717, 1.165) is 0 Å². The predicted molar refractivity (Wildman–Crippen MR) is 90.7 cm³/mol. The molecule has 0 saturated carbocycles. The molecule has 0 aliphatic heterocycles. The van der Waals surface area contributed by atoms with Gasteiger partial charge in [0.05, 0.1) is 15.9 Å². The van der Waals surface area contributed by atoms with E-state index < -0.39 is 15.7 Å². The highest BCUT2D eigenvalue weighted by Crippen LogP contribution is 2.23. The summed E-state index contributed by atoms with van der Waals surface area (Å²) in [6.07, 6.45) is 0. The van der Waals surface area contributed by atoms with Crippen molar-refractivity contribution in [2.45, 2.75) is 18.7 Å². The van der Waals surface area contributed by atoms with Crippen LogP contribution >= 0.6 is 0 Å². The van der Waals surface area contributed by atoms with Gasteiger partial charge >= 0.3 is 5.69 Å². The Morgan fingerprint density at radius 3 is 2.58 bits per heavy atom. The van der Waals surface area contributed by atoms with Gasteiger partial charge in [-0.3, -0.25) is 4.79 Å². The molecule has 0 spiro atoms. The summed E-state index contributed by atoms with van der Waals surface area (Å²) < 4.78 is 26.5. The van der Waals surface area contributed by atoms with Crippen LogP contribution in [0.15, 0.2) is 46.1 Å². The summed E-state index contributed by atoms with van der Waals surface area (Å²) in [5.74, 6) is -0.262. The number of nitrogen functional groups attached to an aromatic ring is 1. The van der Waals surface area contributed by atoms with Crippen LogP contribution in [0, 0.1) is 6.92 Å². The van der Waals surface area contributed by atoms with Crippen LogP contribution in [-0.2, 0) is 10.0 Å². The SMILES string of the molecule is CC(=O)c1cccc(S(=O)(=O)n2c(=O)[nH]c3cc(N)c(C)cc32)c1. The second-order valence-electron chi connectivity index (χ2n) is 5.51. The van der Waals surface area contributed by atoms with Crippen molar-refractivity contribution in [2.24, 2.45) is 0 Å². The molecule has 8 heteroatoms. The van der Waals surface area contributed by atoms with E-state index in [1.807, 2.05) is 0 Å². The molecule has 0 radical (unpaired) electrons. The van der Waals surface area contributed by atoms with Crippen LogP contribution in [0.2, 0.25) is 0 Å². The maximum atomic E-state index is 12.9. The lowest BCUT2D eigenvalue weighted by atomic mass is 10.2. The van der Waals surface area contributed by atoms with Gasteiger partial charge in [-0.15, -0.1) is 0 Å². The highest BCUT2D eigenvalue weighted by molar-refractivity contribution is 7.90. The fourth-order valence-corrected chi connectivity index (χ4v) is 3.88. The molecule has 3 aromatic rings. The van der Waals surface area contributed by atoms with Crippen LogP contribution in [0.25, 0.3) is 11.0 Å². The molecule has 0 fully saturated rings. The zero-order chi connectivity index (χ0) is 17.6. The maximum absolute atomic E-state index is 12.9. The van der Waals surface area contributed by atoms with E-state index in [1.165, 1.54) is 43.3 Å². The molecule has 1 heterocycles. The number of carbonyl (C=O) groups is 1. The molecule has 0 bridgehead atoms. The Bertz CT molecular complexity index is 1140. The van der Waals surface area contributed by atoms with Crippen LogP contribution < -0.4 is 11.4 Å². The minimum absolute atomic E-state index is 0.132. The fraction of sp³-hybridized carbons (Fsp3) is 0.125. The molecule has 3 rings (SSSR count). The highest BCUT2D eigenvalue weighted by Gasteiger charge is 2.23. The first-order valence-electron chi connectivity index (χ1n) is 7.09. The Hall–Kier alpha value is -2.87. The Morgan fingerprint density at radius 1 is 1.21 bits per heavy atom. The number of nitrogens with two attached hydrogens (primary N) is 1. The third-order valence-corrected chi connectivity index (χ3v) is 5.50. The number of aromatic amines is 1. The summed E-state index contributed by atoms with van der Waals surface area (Å²) >= 11 is 0. The lowest BCUT2D eigenvalue weighted by Crippen LogP contribution is -2.25. The Labute approximate surface area is 137 Å². The third-order valence-electron chi connectivity index (χ3n) is 3.81. The third kappa shape index (κ3) is 2.41. The quantitative estimate of drug-likeness (QED) is 0.553. The van der Waals surface area contributed by atoms with Crippen LogP contribution in [-0.4, -0.2) is 23.2 Å². The van der Waals surface area contributed by atoms with E-state index in [1.54, 1.807) is 6.92 Å². The number of ketones is 1. The molecule has 124 valence electrons. The fourth-order valence-electron chi connectivity index (χ4n) is 2.47. The van der Waals surface area contributed by atoms with Gasteiger partial charge in [-0.2, -0.15) is 3.97 Å². The number of fused-ring (bicyclic) bond motifs is 1. The van der Waals surface area contributed by atoms with Crippen molar-refractivity contribution in [2.75, 3.05) is 5.73 Å². The standard InChI is InChI=1S/C16H15N3O4S/c1-9-6-15-14(8-13(9)17)18-16(21)19(15)24(22,23)12-5-3-4-11(7-12)10(2)20/h3-8H,17H2,1-2H3,(H,18,21). The molecule has 0 amide bonds. The molecule has 7 nitrogen and oxygen atoms in total. The van der Waals surface area contributed by atoms with Crippen LogP contribution in [0.4, 0.5) is 5.69 Å². The molecule has 1 aromatic heterocycles. The van der Waals surface area contributed by atoms with Gasteiger partial charge in [0, 0.05) is 11.3 Å². The zero-order valence-electron chi connectivity index (χ0n) is 13.0. The number of hydrogen-bond donors (Lipinski definition) is 2. The van der Waals surface area contributed by atoms with E-state index in [9.17, 15) is 18.0 Å². The lowest BCUT2D eigenvalue weighted by Gasteiger charge is -2.08. The first kappa shape index (κ1) is 16.0. The number of nitrogens with zero attached hydrogens (tertiary/aromatic N) is 1. The van der Waals surface area contributed by atoms with E-state index in [0.29, 0.717) is 20.7 Å². The van der Waals surface area contributed by atoms with E-state index in [2.05, 4.69) is 4.98 Å². The molecule has 0 atom stereocenters. The molecule has 0 aliphatic carbocycles. The molecule has 0 aliphatic rings. The van der Waals surface area contributed by atoms with E-state index in [-0.39, 0.29) is 21.8 Å². The molecule has 0 unspecified atom stereocenters. The van der Waals surface area contributed by atoms with Crippen LogP contribution in [0.5, 0.6) is 0 Å². The van der Waals surface area contributed by atoms with Crippen molar-refractivity contribution in [1.82, 2.24) is 8.96 Å². The Morgan fingerprint density at radius 2 is 1.92 bits per heavy atom. The average Bonchev–Trinajstić information content (AvgIpc) is 2.83. The predicted octanol–water partition coefficient (Wildman–Crippen LogP) is 1.66. The smallest absolute Gasteiger partial charge is 0.340 e. The first-order chi connectivity index (χ1) is 11.2. The molecular weight excluding hydrogens is 330 g/mol. The normalized spacial score (nSPS) is 11.8. The molecule has 0 saturated heterocycles. The summed E-state index contributed by atoms with van der Waals surface area (Å²) in [7, 11) is -4.16. The number of nitrogens with one attached hydrogen (secondary N) is 1. The Balaban J connectivity index is 2.32. The second-order valence-corrected chi connectivity index (χ2v) is 7.30. The number of H-pyrrole nitrogens is 1. The van der Waals surface area contributed by atoms with Gasteiger partial charge in [0.15, 0.2) is 5.78 Å². The summed E-state index contributed by atoms with van der Waals surface area (Å²) in [6, 6.07) is 8.64. The van der Waals surface area contributed by atoms with Crippen molar-refractivity contribution in [3.05, 3.63) is 58.0 Å². The molecular formula is C16H15N3O4S. The van der Waals surface area contributed by atoms with Gasteiger partial charge < -0.3 is 10.7 Å².